The molecular weight excluding hydrogens is 270 g/mol. The minimum absolute atomic E-state index is 0.0953. The van der Waals surface area contributed by atoms with Crippen LogP contribution in [0.1, 0.15) is 22.3 Å². The Hall–Kier alpha value is -2.61. The Balaban J connectivity index is 1.75. The number of carbonyl (C=O) groups is 1. The molecule has 1 amide bonds. The molecule has 1 aliphatic heterocycles. The van der Waals surface area contributed by atoms with E-state index in [4.69, 9.17) is 0 Å². The van der Waals surface area contributed by atoms with Crippen LogP contribution in [0.4, 0.5) is 5.69 Å². The Morgan fingerprint density at radius 1 is 0.864 bits per heavy atom. The molecule has 0 bridgehead atoms. The van der Waals surface area contributed by atoms with Crippen molar-refractivity contribution in [3.8, 4) is 0 Å². The van der Waals surface area contributed by atoms with Gasteiger partial charge in [0.05, 0.1) is 0 Å². The quantitative estimate of drug-likeness (QED) is 0.648. The highest BCUT2D eigenvalue weighted by molar-refractivity contribution is 6.08. The molecule has 22 heavy (non-hydrogen) atoms. The molecule has 0 unspecified atom stereocenters. The van der Waals surface area contributed by atoms with Gasteiger partial charge in [0.1, 0.15) is 0 Å². The lowest BCUT2D eigenvalue weighted by Gasteiger charge is -2.29. The maximum absolute atomic E-state index is 12.9. The zero-order chi connectivity index (χ0) is 14.9. The number of hydrogen-bond acceptors (Lipinski definition) is 1. The standard InChI is InChI=1S/C20H17NO/c22-20(18-12-11-15-6-1-2-8-17(15)14-18)21-13-5-9-16-7-3-4-10-19(16)21/h1-4,6-8,10-12,14H,5,9,13H2. The number of nitrogens with zero attached hydrogens (tertiary/aromatic N) is 1. The van der Waals surface area contributed by atoms with Gasteiger partial charge in [-0.1, -0.05) is 48.5 Å². The maximum Gasteiger partial charge on any atom is 0.258 e. The Morgan fingerprint density at radius 2 is 1.64 bits per heavy atom. The fourth-order valence-electron chi connectivity index (χ4n) is 3.22. The fraction of sp³-hybridized carbons (Fsp3) is 0.150. The summed E-state index contributed by atoms with van der Waals surface area (Å²) in [5, 5.41) is 2.27. The second-order valence-electron chi connectivity index (χ2n) is 5.75. The second-order valence-corrected chi connectivity index (χ2v) is 5.75. The van der Waals surface area contributed by atoms with Crippen LogP contribution in [0.5, 0.6) is 0 Å². The topological polar surface area (TPSA) is 20.3 Å². The summed E-state index contributed by atoms with van der Waals surface area (Å²) in [5.41, 5.74) is 3.09. The molecule has 108 valence electrons. The van der Waals surface area contributed by atoms with Crippen molar-refractivity contribution in [2.24, 2.45) is 0 Å². The smallest absolute Gasteiger partial charge is 0.258 e. The maximum atomic E-state index is 12.9. The third-order valence-corrected chi connectivity index (χ3v) is 4.35. The van der Waals surface area contributed by atoms with Crippen LogP contribution >= 0.6 is 0 Å². The van der Waals surface area contributed by atoms with E-state index < -0.39 is 0 Å². The number of para-hydroxylation sites is 1. The van der Waals surface area contributed by atoms with Crippen molar-refractivity contribution in [2.45, 2.75) is 12.8 Å². The van der Waals surface area contributed by atoms with Gasteiger partial charge < -0.3 is 4.90 Å². The zero-order valence-electron chi connectivity index (χ0n) is 12.3. The third-order valence-electron chi connectivity index (χ3n) is 4.35. The summed E-state index contributed by atoms with van der Waals surface area (Å²) in [6, 6.07) is 22.3. The van der Waals surface area contributed by atoms with Gasteiger partial charge in [0.25, 0.3) is 5.91 Å². The van der Waals surface area contributed by atoms with Crippen molar-refractivity contribution in [3.63, 3.8) is 0 Å². The van der Waals surface area contributed by atoms with E-state index >= 15 is 0 Å². The molecule has 2 nitrogen and oxygen atoms in total. The fourth-order valence-corrected chi connectivity index (χ4v) is 3.22. The van der Waals surface area contributed by atoms with E-state index in [1.54, 1.807) is 0 Å². The number of fused-ring (bicyclic) bond motifs is 2. The highest BCUT2D eigenvalue weighted by Crippen LogP contribution is 2.28. The number of amides is 1. The monoisotopic (exact) mass is 287 g/mol. The first-order valence-electron chi connectivity index (χ1n) is 7.71. The average molecular weight is 287 g/mol. The predicted molar refractivity (Wildman–Crippen MR) is 90.4 cm³/mol. The molecule has 1 aliphatic rings. The molecular formula is C20H17NO. The van der Waals surface area contributed by atoms with Crippen LogP contribution in [-0.2, 0) is 6.42 Å². The van der Waals surface area contributed by atoms with Crippen molar-refractivity contribution < 1.29 is 4.79 Å². The average Bonchev–Trinajstić information content (AvgIpc) is 2.60. The lowest BCUT2D eigenvalue weighted by molar-refractivity contribution is 0.0985. The van der Waals surface area contributed by atoms with Crippen LogP contribution in [0.15, 0.2) is 66.7 Å². The van der Waals surface area contributed by atoms with Crippen molar-refractivity contribution >= 4 is 22.4 Å². The molecule has 4 rings (SSSR count). The molecule has 0 fully saturated rings. The minimum Gasteiger partial charge on any atom is -0.308 e. The molecule has 0 N–H and O–H groups in total. The van der Waals surface area contributed by atoms with Gasteiger partial charge >= 0.3 is 0 Å². The molecule has 0 atom stereocenters. The van der Waals surface area contributed by atoms with Crippen molar-refractivity contribution in [3.05, 3.63) is 77.9 Å². The highest BCUT2D eigenvalue weighted by atomic mass is 16.2. The van der Waals surface area contributed by atoms with Gasteiger partial charge in [0.15, 0.2) is 0 Å². The van der Waals surface area contributed by atoms with E-state index in [9.17, 15) is 4.79 Å². The summed E-state index contributed by atoms with van der Waals surface area (Å²) in [5.74, 6) is 0.0953. The number of anilines is 1. The van der Waals surface area contributed by atoms with E-state index in [2.05, 4.69) is 18.2 Å². The summed E-state index contributed by atoms with van der Waals surface area (Å²) in [4.78, 5) is 14.9. The number of carbonyl (C=O) groups excluding carboxylic acids is 1. The summed E-state index contributed by atoms with van der Waals surface area (Å²) in [6.45, 7) is 0.794. The lowest BCUT2D eigenvalue weighted by Crippen LogP contribution is -2.35. The van der Waals surface area contributed by atoms with E-state index in [1.807, 2.05) is 53.4 Å². The number of hydrogen-bond donors (Lipinski definition) is 0. The number of benzene rings is 3. The molecule has 0 saturated carbocycles. The normalized spacial score (nSPS) is 13.9. The van der Waals surface area contributed by atoms with Crippen LogP contribution in [0.3, 0.4) is 0 Å². The predicted octanol–water partition coefficient (Wildman–Crippen LogP) is 4.43. The Kier molecular flexibility index (Phi) is 3.15. The van der Waals surface area contributed by atoms with E-state index in [1.165, 1.54) is 5.56 Å². The molecule has 0 aliphatic carbocycles. The van der Waals surface area contributed by atoms with Crippen molar-refractivity contribution in [1.82, 2.24) is 0 Å². The molecule has 1 heterocycles. The van der Waals surface area contributed by atoms with Crippen molar-refractivity contribution in [2.75, 3.05) is 11.4 Å². The molecule has 3 aromatic carbocycles. The summed E-state index contributed by atoms with van der Waals surface area (Å²) in [7, 11) is 0. The molecule has 0 spiro atoms. The summed E-state index contributed by atoms with van der Waals surface area (Å²) >= 11 is 0. The van der Waals surface area contributed by atoms with Gasteiger partial charge in [-0.2, -0.15) is 0 Å². The Morgan fingerprint density at radius 3 is 2.55 bits per heavy atom. The van der Waals surface area contributed by atoms with E-state index in [0.717, 1.165) is 41.4 Å². The number of aryl methyl sites for hydroxylation is 1. The third kappa shape index (κ3) is 2.17. The van der Waals surface area contributed by atoms with Crippen LogP contribution in [0.25, 0.3) is 10.8 Å². The van der Waals surface area contributed by atoms with E-state index in [-0.39, 0.29) is 5.91 Å². The van der Waals surface area contributed by atoms with Gasteiger partial charge in [-0.3, -0.25) is 4.79 Å². The van der Waals surface area contributed by atoms with Gasteiger partial charge in [-0.15, -0.1) is 0 Å². The van der Waals surface area contributed by atoms with Crippen molar-refractivity contribution in [1.29, 1.82) is 0 Å². The molecule has 0 aromatic heterocycles. The summed E-state index contributed by atoms with van der Waals surface area (Å²) in [6.07, 6.45) is 2.08. The number of rotatable bonds is 1. The van der Waals surface area contributed by atoms with Crippen LogP contribution in [-0.4, -0.2) is 12.5 Å². The first-order valence-corrected chi connectivity index (χ1v) is 7.71. The first kappa shape index (κ1) is 13.1. The SMILES string of the molecule is O=C(c1ccc2ccccc2c1)N1CCCc2ccccc21. The minimum atomic E-state index is 0.0953. The zero-order valence-corrected chi connectivity index (χ0v) is 12.3. The van der Waals surface area contributed by atoms with Gasteiger partial charge in [-0.25, -0.2) is 0 Å². The second kappa shape index (κ2) is 5.30. The summed E-state index contributed by atoms with van der Waals surface area (Å²) < 4.78 is 0. The van der Waals surface area contributed by atoms with Gasteiger partial charge in [-0.05, 0) is 47.4 Å². The largest absolute Gasteiger partial charge is 0.308 e. The van der Waals surface area contributed by atoms with Crippen LogP contribution < -0.4 is 4.90 Å². The first-order chi connectivity index (χ1) is 10.8. The molecule has 0 saturated heterocycles. The molecule has 3 aromatic rings. The lowest BCUT2D eigenvalue weighted by atomic mass is 10.00. The van der Waals surface area contributed by atoms with Gasteiger partial charge in [0, 0.05) is 17.8 Å². The Labute approximate surface area is 130 Å². The Bertz CT molecular complexity index is 853. The highest BCUT2D eigenvalue weighted by Gasteiger charge is 2.23. The molecule has 0 radical (unpaired) electrons. The van der Waals surface area contributed by atoms with E-state index in [0.29, 0.717) is 0 Å². The van der Waals surface area contributed by atoms with Crippen LogP contribution in [0, 0.1) is 0 Å². The van der Waals surface area contributed by atoms with Crippen LogP contribution in [0.2, 0.25) is 0 Å². The van der Waals surface area contributed by atoms with Gasteiger partial charge in [0.2, 0.25) is 0 Å². The molecule has 2 heteroatoms.